The van der Waals surface area contributed by atoms with Crippen LogP contribution < -0.4 is 0 Å². The van der Waals surface area contributed by atoms with Gasteiger partial charge in [0.25, 0.3) is 0 Å². The summed E-state index contributed by atoms with van der Waals surface area (Å²) in [5.74, 6) is -0.276. The normalized spacial score (nSPS) is 12.4. The van der Waals surface area contributed by atoms with Gasteiger partial charge in [-0.2, -0.15) is 0 Å². The number of hydrogen-bond donors (Lipinski definition) is 0. The number of rotatable bonds is 3. The first kappa shape index (κ1) is 12.5. The Morgan fingerprint density at radius 1 is 1.24 bits per heavy atom. The highest BCUT2D eigenvalue weighted by Crippen LogP contribution is 2.29. The molecule has 0 aliphatic rings. The van der Waals surface area contributed by atoms with Gasteiger partial charge in [-0.3, -0.25) is 4.98 Å². The predicted octanol–water partition coefficient (Wildman–Crippen LogP) is 4.51. The average Bonchev–Trinajstić information content (AvgIpc) is 2.33. The second-order valence-corrected chi connectivity index (χ2v) is 5.14. The van der Waals surface area contributed by atoms with Crippen LogP contribution in [0.5, 0.6) is 0 Å². The molecule has 1 unspecified atom stereocenters. The van der Waals surface area contributed by atoms with Crippen molar-refractivity contribution in [3.8, 4) is 0 Å². The van der Waals surface area contributed by atoms with Gasteiger partial charge in [-0.15, -0.1) is 11.6 Å². The Hall–Kier alpha value is -0.930. The second-order valence-electron chi connectivity index (χ2n) is 3.69. The lowest BCUT2D eigenvalue weighted by molar-refractivity contribution is 0.605. The summed E-state index contributed by atoms with van der Waals surface area (Å²) in [6.07, 6.45) is 3.99. The third kappa shape index (κ3) is 3.27. The first-order valence-electron chi connectivity index (χ1n) is 5.15. The maximum atomic E-state index is 13.6. The van der Waals surface area contributed by atoms with E-state index in [0.717, 1.165) is 10.0 Å². The van der Waals surface area contributed by atoms with Crippen LogP contribution in [0.25, 0.3) is 0 Å². The molecule has 0 aliphatic heterocycles. The number of pyridine rings is 1. The number of hydrogen-bond acceptors (Lipinski definition) is 1. The van der Waals surface area contributed by atoms with Crippen molar-refractivity contribution < 1.29 is 4.39 Å². The zero-order valence-electron chi connectivity index (χ0n) is 8.91. The van der Waals surface area contributed by atoms with E-state index in [1.165, 1.54) is 6.07 Å². The van der Waals surface area contributed by atoms with E-state index in [0.29, 0.717) is 12.0 Å². The molecular formula is C13H10BrClFN. The fourth-order valence-corrected chi connectivity index (χ4v) is 2.31. The molecule has 1 aromatic carbocycles. The van der Waals surface area contributed by atoms with Gasteiger partial charge < -0.3 is 0 Å². The molecule has 0 N–H and O–H groups in total. The van der Waals surface area contributed by atoms with Gasteiger partial charge >= 0.3 is 0 Å². The molecule has 88 valence electrons. The van der Waals surface area contributed by atoms with E-state index in [2.05, 4.69) is 20.9 Å². The topological polar surface area (TPSA) is 12.9 Å². The standard InChI is InChI=1S/C13H10BrClFN/c14-10-1-2-13(16)11(8-10)12(15)7-9-3-5-17-6-4-9/h1-6,8,12H,7H2. The Bertz CT molecular complexity index is 504. The molecule has 0 saturated heterocycles. The minimum absolute atomic E-state index is 0.276. The molecule has 2 rings (SSSR count). The van der Waals surface area contributed by atoms with E-state index in [4.69, 9.17) is 11.6 Å². The third-order valence-electron chi connectivity index (χ3n) is 2.46. The maximum Gasteiger partial charge on any atom is 0.127 e. The van der Waals surface area contributed by atoms with Gasteiger partial charge in [0, 0.05) is 22.4 Å². The summed E-state index contributed by atoms with van der Waals surface area (Å²) in [7, 11) is 0. The summed E-state index contributed by atoms with van der Waals surface area (Å²) >= 11 is 9.55. The van der Waals surface area contributed by atoms with Crippen LogP contribution in [0, 0.1) is 5.82 Å². The van der Waals surface area contributed by atoms with Crippen molar-refractivity contribution in [2.45, 2.75) is 11.8 Å². The molecule has 0 fully saturated rings. The lowest BCUT2D eigenvalue weighted by Gasteiger charge is -2.11. The lowest BCUT2D eigenvalue weighted by atomic mass is 10.0. The third-order valence-corrected chi connectivity index (χ3v) is 3.34. The van der Waals surface area contributed by atoms with Crippen LogP contribution in [0.1, 0.15) is 16.5 Å². The Morgan fingerprint density at radius 3 is 2.65 bits per heavy atom. The van der Waals surface area contributed by atoms with Crippen LogP contribution in [-0.2, 0) is 6.42 Å². The Labute approximate surface area is 113 Å². The zero-order chi connectivity index (χ0) is 12.3. The Kier molecular flexibility index (Phi) is 4.13. The van der Waals surface area contributed by atoms with Gasteiger partial charge in [-0.05, 0) is 42.3 Å². The first-order chi connectivity index (χ1) is 8.16. The summed E-state index contributed by atoms with van der Waals surface area (Å²) in [5.41, 5.74) is 1.55. The number of aromatic nitrogens is 1. The van der Waals surface area contributed by atoms with Gasteiger partial charge in [0.1, 0.15) is 5.82 Å². The Balaban J connectivity index is 2.20. The van der Waals surface area contributed by atoms with Gasteiger partial charge in [-0.25, -0.2) is 4.39 Å². The summed E-state index contributed by atoms with van der Waals surface area (Å²) in [6, 6.07) is 8.56. The van der Waals surface area contributed by atoms with E-state index in [1.54, 1.807) is 24.5 Å². The molecule has 1 atom stereocenters. The highest BCUT2D eigenvalue weighted by molar-refractivity contribution is 9.10. The molecule has 1 aromatic heterocycles. The quantitative estimate of drug-likeness (QED) is 0.760. The van der Waals surface area contributed by atoms with E-state index in [9.17, 15) is 4.39 Å². The minimum atomic E-state index is -0.380. The van der Waals surface area contributed by atoms with Crippen LogP contribution in [-0.4, -0.2) is 4.98 Å². The van der Waals surface area contributed by atoms with E-state index >= 15 is 0 Å². The van der Waals surface area contributed by atoms with Crippen molar-refractivity contribution >= 4 is 27.5 Å². The minimum Gasteiger partial charge on any atom is -0.265 e. The van der Waals surface area contributed by atoms with Crippen LogP contribution in [0.2, 0.25) is 0 Å². The molecule has 17 heavy (non-hydrogen) atoms. The van der Waals surface area contributed by atoms with Crippen molar-refractivity contribution in [2.24, 2.45) is 0 Å². The maximum absolute atomic E-state index is 13.6. The van der Waals surface area contributed by atoms with Gasteiger partial charge in [-0.1, -0.05) is 15.9 Å². The van der Waals surface area contributed by atoms with E-state index in [1.807, 2.05) is 12.1 Å². The largest absolute Gasteiger partial charge is 0.265 e. The number of nitrogens with zero attached hydrogens (tertiary/aromatic N) is 1. The molecule has 0 amide bonds. The number of alkyl halides is 1. The summed E-state index contributed by atoms with van der Waals surface area (Å²) < 4.78 is 14.4. The molecule has 0 radical (unpaired) electrons. The van der Waals surface area contributed by atoms with Gasteiger partial charge in [0.15, 0.2) is 0 Å². The zero-order valence-corrected chi connectivity index (χ0v) is 11.2. The van der Waals surface area contributed by atoms with Crippen molar-refractivity contribution in [3.05, 3.63) is 64.1 Å². The molecule has 0 aliphatic carbocycles. The summed E-state index contributed by atoms with van der Waals surface area (Å²) in [6.45, 7) is 0. The molecule has 2 aromatic rings. The van der Waals surface area contributed by atoms with Crippen LogP contribution in [0.15, 0.2) is 47.2 Å². The van der Waals surface area contributed by atoms with Crippen molar-refractivity contribution in [1.82, 2.24) is 4.98 Å². The van der Waals surface area contributed by atoms with Gasteiger partial charge in [0.2, 0.25) is 0 Å². The van der Waals surface area contributed by atoms with E-state index in [-0.39, 0.29) is 11.2 Å². The van der Waals surface area contributed by atoms with Crippen LogP contribution >= 0.6 is 27.5 Å². The second kappa shape index (κ2) is 5.61. The first-order valence-corrected chi connectivity index (χ1v) is 6.37. The van der Waals surface area contributed by atoms with Crippen molar-refractivity contribution in [2.75, 3.05) is 0 Å². The molecule has 1 nitrogen and oxygen atoms in total. The molecular weight excluding hydrogens is 305 g/mol. The molecule has 4 heteroatoms. The van der Waals surface area contributed by atoms with Crippen molar-refractivity contribution in [3.63, 3.8) is 0 Å². The number of halogens is 3. The molecule has 1 heterocycles. The fraction of sp³-hybridized carbons (Fsp3) is 0.154. The summed E-state index contributed by atoms with van der Waals surface area (Å²) in [4.78, 5) is 3.93. The molecule has 0 bridgehead atoms. The molecule has 0 saturated carbocycles. The SMILES string of the molecule is Fc1ccc(Br)cc1C(Cl)Cc1ccncc1. The average molecular weight is 315 g/mol. The predicted molar refractivity (Wildman–Crippen MR) is 70.6 cm³/mol. The Morgan fingerprint density at radius 2 is 1.94 bits per heavy atom. The monoisotopic (exact) mass is 313 g/mol. The highest BCUT2D eigenvalue weighted by Gasteiger charge is 2.14. The van der Waals surface area contributed by atoms with Crippen molar-refractivity contribution in [1.29, 1.82) is 0 Å². The van der Waals surface area contributed by atoms with Crippen LogP contribution in [0.4, 0.5) is 4.39 Å². The highest BCUT2D eigenvalue weighted by atomic mass is 79.9. The smallest absolute Gasteiger partial charge is 0.127 e. The molecule has 0 spiro atoms. The van der Waals surface area contributed by atoms with E-state index < -0.39 is 0 Å². The summed E-state index contributed by atoms with van der Waals surface area (Å²) in [5, 5.41) is -0.380. The van der Waals surface area contributed by atoms with Gasteiger partial charge in [0.05, 0.1) is 5.38 Å². The fourth-order valence-electron chi connectivity index (χ4n) is 1.59. The lowest BCUT2D eigenvalue weighted by Crippen LogP contribution is -1.99. The van der Waals surface area contributed by atoms with Crippen LogP contribution in [0.3, 0.4) is 0 Å². The number of benzene rings is 1.